The molecule has 6 heteroatoms. The van der Waals surface area contributed by atoms with E-state index in [1.165, 1.54) is 28.9 Å². The van der Waals surface area contributed by atoms with Crippen molar-refractivity contribution in [2.24, 2.45) is 5.14 Å². The highest BCUT2D eigenvalue weighted by atomic mass is 32.2. The summed E-state index contributed by atoms with van der Waals surface area (Å²) in [5.41, 5.74) is 3.99. The summed E-state index contributed by atoms with van der Waals surface area (Å²) in [6.45, 7) is 4.49. The standard InChI is InChI=1S/C18H22N2O3S/c1-14-4-9-18-15(13-14)3-2-10-20(18)11-12-23-16-5-7-17(8-6-16)24(19,21)22/h4-9,13H,2-3,10-12H2,1H3,(H2,19,21,22). The first kappa shape index (κ1) is 16.8. The van der Waals surface area contributed by atoms with Gasteiger partial charge in [0, 0.05) is 12.2 Å². The molecular weight excluding hydrogens is 324 g/mol. The van der Waals surface area contributed by atoms with Gasteiger partial charge in [-0.2, -0.15) is 0 Å². The molecule has 128 valence electrons. The number of sulfonamides is 1. The van der Waals surface area contributed by atoms with Crippen LogP contribution in [0.1, 0.15) is 17.5 Å². The fourth-order valence-corrected chi connectivity index (χ4v) is 3.55. The summed E-state index contributed by atoms with van der Waals surface area (Å²) >= 11 is 0. The summed E-state index contributed by atoms with van der Waals surface area (Å²) in [7, 11) is -3.66. The number of hydrogen-bond donors (Lipinski definition) is 1. The average Bonchev–Trinajstić information content (AvgIpc) is 2.54. The van der Waals surface area contributed by atoms with Crippen molar-refractivity contribution in [3.63, 3.8) is 0 Å². The van der Waals surface area contributed by atoms with Crippen molar-refractivity contribution >= 4 is 15.7 Å². The molecule has 2 N–H and O–H groups in total. The number of nitrogens with two attached hydrogens (primary N) is 1. The van der Waals surface area contributed by atoms with Crippen LogP contribution in [0.25, 0.3) is 0 Å². The second-order valence-electron chi connectivity index (χ2n) is 6.09. The van der Waals surface area contributed by atoms with E-state index >= 15 is 0 Å². The normalized spacial score (nSPS) is 14.3. The van der Waals surface area contributed by atoms with Crippen LogP contribution in [-0.2, 0) is 16.4 Å². The topological polar surface area (TPSA) is 72.6 Å². The van der Waals surface area contributed by atoms with Crippen molar-refractivity contribution in [3.8, 4) is 5.75 Å². The highest BCUT2D eigenvalue weighted by Gasteiger charge is 2.16. The Morgan fingerprint density at radius 2 is 1.92 bits per heavy atom. The fraction of sp³-hybridized carbons (Fsp3) is 0.333. The molecule has 1 heterocycles. The van der Waals surface area contributed by atoms with Crippen LogP contribution >= 0.6 is 0 Å². The highest BCUT2D eigenvalue weighted by molar-refractivity contribution is 7.89. The lowest BCUT2D eigenvalue weighted by Gasteiger charge is -2.31. The molecule has 0 aromatic heterocycles. The number of benzene rings is 2. The van der Waals surface area contributed by atoms with Crippen LogP contribution in [0.2, 0.25) is 0 Å². The molecule has 0 bridgehead atoms. The molecule has 0 aliphatic carbocycles. The van der Waals surface area contributed by atoms with Gasteiger partial charge in [0.1, 0.15) is 12.4 Å². The molecule has 5 nitrogen and oxygen atoms in total. The molecule has 0 unspecified atom stereocenters. The van der Waals surface area contributed by atoms with Crippen LogP contribution in [0, 0.1) is 6.92 Å². The van der Waals surface area contributed by atoms with Gasteiger partial charge in [0.05, 0.1) is 11.4 Å². The van der Waals surface area contributed by atoms with Gasteiger partial charge in [-0.25, -0.2) is 13.6 Å². The van der Waals surface area contributed by atoms with Crippen LogP contribution in [-0.4, -0.2) is 28.1 Å². The van der Waals surface area contributed by atoms with Gasteiger partial charge in [-0.1, -0.05) is 17.7 Å². The van der Waals surface area contributed by atoms with Gasteiger partial charge in [0.15, 0.2) is 0 Å². The summed E-state index contributed by atoms with van der Waals surface area (Å²) in [6.07, 6.45) is 2.28. The minimum atomic E-state index is -3.66. The average molecular weight is 346 g/mol. The smallest absolute Gasteiger partial charge is 0.238 e. The SMILES string of the molecule is Cc1ccc2c(c1)CCCN2CCOc1ccc(S(N)(=O)=O)cc1. The molecule has 1 aliphatic rings. The largest absolute Gasteiger partial charge is 0.492 e. The minimum absolute atomic E-state index is 0.0928. The number of hydrogen-bond acceptors (Lipinski definition) is 4. The lowest BCUT2D eigenvalue weighted by molar-refractivity contribution is 0.322. The zero-order valence-electron chi connectivity index (χ0n) is 13.7. The van der Waals surface area contributed by atoms with Gasteiger partial charge >= 0.3 is 0 Å². The summed E-state index contributed by atoms with van der Waals surface area (Å²) in [5.74, 6) is 0.642. The van der Waals surface area contributed by atoms with Crippen LogP contribution in [0.15, 0.2) is 47.4 Å². The van der Waals surface area contributed by atoms with Crippen LogP contribution in [0.3, 0.4) is 0 Å². The predicted octanol–water partition coefficient (Wildman–Crippen LogP) is 2.47. The number of rotatable bonds is 5. The molecule has 0 radical (unpaired) electrons. The molecule has 24 heavy (non-hydrogen) atoms. The Balaban J connectivity index is 1.60. The van der Waals surface area contributed by atoms with Crippen molar-refractivity contribution in [1.82, 2.24) is 0 Å². The molecule has 2 aromatic rings. The van der Waals surface area contributed by atoms with E-state index in [0.29, 0.717) is 12.4 Å². The fourth-order valence-electron chi connectivity index (χ4n) is 3.04. The molecule has 1 aliphatic heterocycles. The molecule has 2 aromatic carbocycles. The quantitative estimate of drug-likeness (QED) is 0.903. The van der Waals surface area contributed by atoms with E-state index < -0.39 is 10.0 Å². The molecule has 0 fully saturated rings. The van der Waals surface area contributed by atoms with E-state index in [1.807, 2.05) is 0 Å². The molecule has 3 rings (SSSR count). The first-order chi connectivity index (χ1) is 11.4. The third-order valence-corrected chi connectivity index (χ3v) is 5.16. The maximum Gasteiger partial charge on any atom is 0.238 e. The van der Waals surface area contributed by atoms with Crippen molar-refractivity contribution in [2.75, 3.05) is 24.6 Å². The summed E-state index contributed by atoms with van der Waals surface area (Å²) < 4.78 is 28.2. The Labute approximate surface area is 143 Å². The second kappa shape index (κ2) is 6.83. The van der Waals surface area contributed by atoms with E-state index in [2.05, 4.69) is 30.0 Å². The summed E-state index contributed by atoms with van der Waals surface area (Å²) in [5, 5.41) is 5.09. The number of fused-ring (bicyclic) bond motifs is 1. The zero-order valence-corrected chi connectivity index (χ0v) is 14.6. The third kappa shape index (κ3) is 3.88. The van der Waals surface area contributed by atoms with E-state index in [4.69, 9.17) is 9.88 Å². The Bertz CT molecular complexity index is 817. The van der Waals surface area contributed by atoms with Crippen molar-refractivity contribution < 1.29 is 13.2 Å². The van der Waals surface area contributed by atoms with Crippen LogP contribution < -0.4 is 14.8 Å². The molecule has 0 saturated heterocycles. The minimum Gasteiger partial charge on any atom is -0.492 e. The Morgan fingerprint density at radius 1 is 1.17 bits per heavy atom. The second-order valence-corrected chi connectivity index (χ2v) is 7.65. The van der Waals surface area contributed by atoms with Gasteiger partial charge in [-0.3, -0.25) is 0 Å². The number of aryl methyl sites for hydroxylation is 2. The Kier molecular flexibility index (Phi) is 4.78. The maximum atomic E-state index is 11.2. The molecule has 0 atom stereocenters. The van der Waals surface area contributed by atoms with E-state index in [0.717, 1.165) is 25.9 Å². The lowest BCUT2D eigenvalue weighted by Crippen LogP contribution is -2.33. The molecular formula is C18H22N2O3S. The molecule has 0 saturated carbocycles. The number of anilines is 1. The summed E-state index contributed by atoms with van der Waals surface area (Å²) in [4.78, 5) is 2.44. The number of nitrogens with zero attached hydrogens (tertiary/aromatic N) is 1. The molecule has 0 spiro atoms. The maximum absolute atomic E-state index is 11.2. The lowest BCUT2D eigenvalue weighted by atomic mass is 10.00. The predicted molar refractivity (Wildman–Crippen MR) is 95.0 cm³/mol. The van der Waals surface area contributed by atoms with Gasteiger partial charge in [0.25, 0.3) is 0 Å². The van der Waals surface area contributed by atoms with Gasteiger partial charge < -0.3 is 9.64 Å². The third-order valence-electron chi connectivity index (χ3n) is 4.23. The van der Waals surface area contributed by atoms with Crippen molar-refractivity contribution in [2.45, 2.75) is 24.7 Å². The van der Waals surface area contributed by atoms with Crippen molar-refractivity contribution in [1.29, 1.82) is 0 Å². The van der Waals surface area contributed by atoms with Gasteiger partial charge in [-0.05, 0) is 55.7 Å². The van der Waals surface area contributed by atoms with E-state index in [-0.39, 0.29) is 4.90 Å². The molecule has 0 amide bonds. The number of ether oxygens (including phenoxy) is 1. The van der Waals surface area contributed by atoms with Gasteiger partial charge in [0.2, 0.25) is 10.0 Å². The Morgan fingerprint density at radius 3 is 2.62 bits per heavy atom. The van der Waals surface area contributed by atoms with Crippen molar-refractivity contribution in [3.05, 3.63) is 53.6 Å². The van der Waals surface area contributed by atoms with Gasteiger partial charge in [-0.15, -0.1) is 0 Å². The van der Waals surface area contributed by atoms with Crippen LogP contribution in [0.4, 0.5) is 5.69 Å². The first-order valence-electron chi connectivity index (χ1n) is 8.03. The van der Waals surface area contributed by atoms with Crippen LogP contribution in [0.5, 0.6) is 5.75 Å². The summed E-state index contributed by atoms with van der Waals surface area (Å²) in [6, 6.07) is 12.8. The van der Waals surface area contributed by atoms with E-state index in [9.17, 15) is 8.42 Å². The monoisotopic (exact) mass is 346 g/mol. The van der Waals surface area contributed by atoms with E-state index in [1.54, 1.807) is 12.1 Å². The zero-order chi connectivity index (χ0) is 17.2. The Hall–Kier alpha value is -2.05. The highest BCUT2D eigenvalue weighted by Crippen LogP contribution is 2.27. The number of primary sulfonamides is 1. The first-order valence-corrected chi connectivity index (χ1v) is 9.58.